The van der Waals surface area contributed by atoms with Gasteiger partial charge in [0.05, 0.1) is 12.1 Å². The first-order valence-electron chi connectivity index (χ1n) is 6.53. The lowest BCUT2D eigenvalue weighted by Crippen LogP contribution is -2.35. The lowest BCUT2D eigenvalue weighted by molar-refractivity contribution is -0.112. The van der Waals surface area contributed by atoms with Gasteiger partial charge in [0.15, 0.2) is 0 Å². The Balaban J connectivity index is 2.83. The fourth-order valence-electron chi connectivity index (χ4n) is 2.19. The third kappa shape index (κ3) is 4.25. The van der Waals surface area contributed by atoms with Crippen molar-refractivity contribution < 1.29 is 14.4 Å². The Labute approximate surface area is 118 Å². The number of nitriles is 1. The van der Waals surface area contributed by atoms with Crippen LogP contribution < -0.4 is 0 Å². The Hall–Kier alpha value is -2.06. The smallest absolute Gasteiger partial charge is 0.146 e. The van der Waals surface area contributed by atoms with Gasteiger partial charge in [-0.3, -0.25) is 9.69 Å². The van der Waals surface area contributed by atoms with E-state index in [1.165, 1.54) is 0 Å². The minimum atomic E-state index is -0.360. The van der Waals surface area contributed by atoms with E-state index in [9.17, 15) is 14.4 Å². The summed E-state index contributed by atoms with van der Waals surface area (Å²) in [7, 11) is 1.77. The van der Waals surface area contributed by atoms with Gasteiger partial charge in [-0.2, -0.15) is 5.26 Å². The molecule has 20 heavy (non-hydrogen) atoms. The van der Waals surface area contributed by atoms with Gasteiger partial charge in [-0.05, 0) is 43.5 Å². The van der Waals surface area contributed by atoms with E-state index in [4.69, 9.17) is 5.26 Å². The van der Waals surface area contributed by atoms with Gasteiger partial charge >= 0.3 is 0 Å². The highest BCUT2D eigenvalue weighted by Gasteiger charge is 2.18. The van der Waals surface area contributed by atoms with Gasteiger partial charge in [-0.15, -0.1) is 0 Å². The van der Waals surface area contributed by atoms with Crippen LogP contribution in [0, 0.1) is 11.3 Å². The molecular formula is C15H18N2O3. The van der Waals surface area contributed by atoms with Crippen molar-refractivity contribution in [2.24, 2.45) is 0 Å². The number of rotatable bonds is 8. The normalized spacial score (nSPS) is 16.4. The highest BCUT2D eigenvalue weighted by molar-refractivity contribution is 5.77. The first-order chi connectivity index (χ1) is 9.65. The second-order valence-electron chi connectivity index (χ2n) is 4.81. The number of carbonyl (C=O) groups excluding carboxylic acids is 3. The predicted molar refractivity (Wildman–Crippen MR) is 73.8 cm³/mol. The molecule has 0 amide bonds. The molecule has 0 aliphatic heterocycles. The lowest BCUT2D eigenvalue weighted by Gasteiger charge is -2.25. The van der Waals surface area contributed by atoms with Gasteiger partial charge in [-0.25, -0.2) is 0 Å². The SMILES string of the molecule is CN(CC1=C(C=O)CCC(C#N)=C1)C(C=O)CCC=O. The molecule has 0 aromatic heterocycles. The highest BCUT2D eigenvalue weighted by Crippen LogP contribution is 2.23. The molecule has 1 aliphatic carbocycles. The summed E-state index contributed by atoms with van der Waals surface area (Å²) in [6.07, 6.45) is 6.07. The van der Waals surface area contributed by atoms with Crippen molar-refractivity contribution in [3.05, 3.63) is 22.8 Å². The summed E-state index contributed by atoms with van der Waals surface area (Å²) in [6.45, 7) is 0.418. The van der Waals surface area contributed by atoms with Crippen LogP contribution in [-0.4, -0.2) is 43.4 Å². The summed E-state index contributed by atoms with van der Waals surface area (Å²) < 4.78 is 0. The van der Waals surface area contributed by atoms with Crippen LogP contribution in [0.2, 0.25) is 0 Å². The predicted octanol–water partition coefficient (Wildman–Crippen LogP) is 1.20. The van der Waals surface area contributed by atoms with E-state index in [0.29, 0.717) is 43.4 Å². The molecule has 5 nitrogen and oxygen atoms in total. The van der Waals surface area contributed by atoms with Crippen molar-refractivity contribution in [2.75, 3.05) is 13.6 Å². The molecule has 106 valence electrons. The number of likely N-dealkylation sites (N-methyl/N-ethyl adjacent to an activating group) is 1. The monoisotopic (exact) mass is 274 g/mol. The third-order valence-electron chi connectivity index (χ3n) is 3.43. The molecule has 1 rings (SSSR count). The van der Waals surface area contributed by atoms with E-state index in [1.54, 1.807) is 18.0 Å². The van der Waals surface area contributed by atoms with Gasteiger partial charge in [0.2, 0.25) is 0 Å². The van der Waals surface area contributed by atoms with E-state index in [0.717, 1.165) is 24.4 Å². The fourth-order valence-corrected chi connectivity index (χ4v) is 2.19. The Kier molecular flexibility index (Phi) is 6.54. The van der Waals surface area contributed by atoms with Crippen molar-refractivity contribution in [1.82, 2.24) is 4.90 Å². The van der Waals surface area contributed by atoms with Gasteiger partial charge in [0.1, 0.15) is 18.9 Å². The van der Waals surface area contributed by atoms with Gasteiger partial charge in [0, 0.05) is 18.5 Å². The second kappa shape index (κ2) is 8.18. The molecule has 0 N–H and O–H groups in total. The molecule has 0 fully saturated rings. The molecule has 5 heteroatoms. The molecule has 0 spiro atoms. The maximum Gasteiger partial charge on any atom is 0.146 e. The van der Waals surface area contributed by atoms with Gasteiger partial charge in [0.25, 0.3) is 0 Å². The number of nitrogens with zero attached hydrogens (tertiary/aromatic N) is 2. The summed E-state index contributed by atoms with van der Waals surface area (Å²) in [6, 6.07) is 1.75. The summed E-state index contributed by atoms with van der Waals surface area (Å²) in [4.78, 5) is 34.3. The van der Waals surface area contributed by atoms with E-state index in [-0.39, 0.29) is 6.04 Å². The topological polar surface area (TPSA) is 78.2 Å². The minimum Gasteiger partial charge on any atom is -0.303 e. The zero-order valence-electron chi connectivity index (χ0n) is 11.5. The van der Waals surface area contributed by atoms with Gasteiger partial charge in [-0.1, -0.05) is 0 Å². The van der Waals surface area contributed by atoms with E-state index < -0.39 is 0 Å². The van der Waals surface area contributed by atoms with Crippen molar-refractivity contribution in [3.8, 4) is 6.07 Å². The Morgan fingerprint density at radius 3 is 2.70 bits per heavy atom. The molecule has 0 aromatic rings. The zero-order valence-corrected chi connectivity index (χ0v) is 11.5. The molecule has 0 bridgehead atoms. The van der Waals surface area contributed by atoms with Crippen LogP contribution >= 0.6 is 0 Å². The van der Waals surface area contributed by atoms with Crippen LogP contribution in [0.4, 0.5) is 0 Å². The number of hydrogen-bond acceptors (Lipinski definition) is 5. The number of carbonyl (C=O) groups is 3. The molecule has 1 atom stereocenters. The Bertz CT molecular complexity index is 486. The maximum absolute atomic E-state index is 11.1. The second-order valence-corrected chi connectivity index (χ2v) is 4.81. The minimum absolute atomic E-state index is 0.326. The standard InChI is InChI=1S/C15H18N2O3/c1-17(15(11-20)3-2-6-18)9-14-7-12(8-16)4-5-13(14)10-19/h6-7,10-11,15H,2-5,9H2,1H3. The van der Waals surface area contributed by atoms with Crippen LogP contribution in [0.5, 0.6) is 0 Å². The van der Waals surface area contributed by atoms with Crippen LogP contribution in [0.15, 0.2) is 22.8 Å². The summed E-state index contributed by atoms with van der Waals surface area (Å²) in [5.74, 6) is 0. The third-order valence-corrected chi connectivity index (χ3v) is 3.43. The molecule has 1 unspecified atom stereocenters. The maximum atomic E-state index is 11.1. The summed E-state index contributed by atoms with van der Waals surface area (Å²) in [5.41, 5.74) is 2.11. The molecular weight excluding hydrogens is 256 g/mol. The molecule has 0 radical (unpaired) electrons. The number of hydrogen-bond donors (Lipinski definition) is 0. The van der Waals surface area contributed by atoms with Crippen LogP contribution in [0.3, 0.4) is 0 Å². The largest absolute Gasteiger partial charge is 0.303 e. The first kappa shape index (κ1) is 16.0. The van der Waals surface area contributed by atoms with Crippen molar-refractivity contribution in [3.63, 3.8) is 0 Å². The van der Waals surface area contributed by atoms with Crippen molar-refractivity contribution in [2.45, 2.75) is 31.7 Å². The summed E-state index contributed by atoms with van der Waals surface area (Å²) >= 11 is 0. The quantitative estimate of drug-likeness (QED) is 0.621. The van der Waals surface area contributed by atoms with E-state index in [2.05, 4.69) is 6.07 Å². The summed E-state index contributed by atoms with van der Waals surface area (Å²) in [5, 5.41) is 8.94. The Morgan fingerprint density at radius 1 is 1.40 bits per heavy atom. The molecule has 0 saturated heterocycles. The van der Waals surface area contributed by atoms with Crippen LogP contribution in [0.25, 0.3) is 0 Å². The molecule has 0 saturated carbocycles. The van der Waals surface area contributed by atoms with Crippen molar-refractivity contribution in [1.29, 1.82) is 5.26 Å². The molecule has 0 aromatic carbocycles. The molecule has 1 aliphatic rings. The fraction of sp³-hybridized carbons (Fsp3) is 0.467. The zero-order chi connectivity index (χ0) is 15.0. The Morgan fingerprint density at radius 2 is 2.15 bits per heavy atom. The van der Waals surface area contributed by atoms with Crippen molar-refractivity contribution >= 4 is 18.9 Å². The number of allylic oxidation sites excluding steroid dienone is 2. The number of aldehydes is 3. The highest BCUT2D eigenvalue weighted by atomic mass is 16.1. The average molecular weight is 274 g/mol. The van der Waals surface area contributed by atoms with E-state index in [1.807, 2.05) is 0 Å². The molecule has 0 heterocycles. The first-order valence-corrected chi connectivity index (χ1v) is 6.53. The van der Waals surface area contributed by atoms with Gasteiger partial charge < -0.3 is 9.59 Å². The van der Waals surface area contributed by atoms with Crippen LogP contribution in [-0.2, 0) is 14.4 Å². The average Bonchev–Trinajstić information content (AvgIpc) is 2.47. The van der Waals surface area contributed by atoms with Crippen LogP contribution in [0.1, 0.15) is 25.7 Å². The van der Waals surface area contributed by atoms with E-state index >= 15 is 0 Å². The lowest BCUT2D eigenvalue weighted by atomic mass is 9.93.